The Hall–Kier alpha value is -9.39. The van der Waals surface area contributed by atoms with Gasteiger partial charge in [0.2, 0.25) is 0 Å². The molecule has 10 aromatic carbocycles. The minimum absolute atomic E-state index is 0.569. The van der Waals surface area contributed by atoms with Crippen LogP contribution in [0.4, 0.5) is 0 Å². The molecule has 6 heteroatoms. The van der Waals surface area contributed by atoms with E-state index in [1.165, 1.54) is 21.9 Å². The van der Waals surface area contributed by atoms with E-state index in [9.17, 15) is 0 Å². The molecule has 0 bridgehead atoms. The molecule has 69 heavy (non-hydrogen) atoms. The number of furan rings is 2. The van der Waals surface area contributed by atoms with Gasteiger partial charge < -0.3 is 13.4 Å². The summed E-state index contributed by atoms with van der Waals surface area (Å²) in [6, 6.07) is 80.4. The van der Waals surface area contributed by atoms with E-state index in [1.54, 1.807) is 0 Å². The SMILES string of the molecule is c1ccc(-c2ccc(-c3nc(-c4ccccc4)nc(-c4cccc5oc6ccc(-c7cc(-n8c9ccccc9c9cc(-c%10ccccc%10)ccc98)c8oc9ccccc9c8c7)cc6c45)n3)cc2)cc1. The number of rotatable bonds is 7. The van der Waals surface area contributed by atoms with Gasteiger partial charge in [-0.05, 0) is 88.0 Å². The molecular weight excluding hydrogens is 845 g/mol. The first kappa shape index (κ1) is 38.8. The molecule has 0 radical (unpaired) electrons. The summed E-state index contributed by atoms with van der Waals surface area (Å²) in [5.74, 6) is 1.77. The topological polar surface area (TPSA) is 69.9 Å². The van der Waals surface area contributed by atoms with Gasteiger partial charge in [-0.2, -0.15) is 0 Å². The van der Waals surface area contributed by atoms with Gasteiger partial charge in [0.05, 0.1) is 16.7 Å². The van der Waals surface area contributed by atoms with Gasteiger partial charge >= 0.3 is 0 Å². The summed E-state index contributed by atoms with van der Waals surface area (Å²) in [7, 11) is 0. The number of aromatic nitrogens is 4. The molecule has 14 rings (SSSR count). The fourth-order valence-corrected chi connectivity index (χ4v) is 10.2. The van der Waals surface area contributed by atoms with Crippen molar-refractivity contribution in [3.8, 4) is 73.2 Å². The van der Waals surface area contributed by atoms with E-state index in [-0.39, 0.29) is 0 Å². The van der Waals surface area contributed by atoms with E-state index in [4.69, 9.17) is 23.8 Å². The van der Waals surface area contributed by atoms with E-state index >= 15 is 0 Å². The molecule has 0 fully saturated rings. The Bertz CT molecular complexity index is 4290. The summed E-state index contributed by atoms with van der Waals surface area (Å²) in [5, 5.41) is 6.38. The largest absolute Gasteiger partial charge is 0.456 e. The van der Waals surface area contributed by atoms with Crippen LogP contribution in [0.2, 0.25) is 0 Å². The maximum atomic E-state index is 6.82. The van der Waals surface area contributed by atoms with Gasteiger partial charge in [0.15, 0.2) is 23.1 Å². The highest BCUT2D eigenvalue weighted by Crippen LogP contribution is 2.44. The minimum Gasteiger partial charge on any atom is -0.456 e. The average molecular weight is 883 g/mol. The van der Waals surface area contributed by atoms with Crippen LogP contribution in [0.3, 0.4) is 0 Å². The average Bonchev–Trinajstić information content (AvgIpc) is 4.10. The lowest BCUT2D eigenvalue weighted by atomic mass is 9.98. The Labute approximate surface area is 396 Å². The lowest BCUT2D eigenvalue weighted by molar-refractivity contribution is 0.666. The highest BCUT2D eigenvalue weighted by Gasteiger charge is 2.22. The van der Waals surface area contributed by atoms with E-state index in [0.29, 0.717) is 17.5 Å². The van der Waals surface area contributed by atoms with Crippen LogP contribution in [-0.4, -0.2) is 19.5 Å². The number of fused-ring (bicyclic) bond motifs is 9. The third-order valence-electron chi connectivity index (χ3n) is 13.5. The predicted molar refractivity (Wildman–Crippen MR) is 281 cm³/mol. The van der Waals surface area contributed by atoms with Crippen molar-refractivity contribution in [3.63, 3.8) is 0 Å². The third kappa shape index (κ3) is 6.45. The Balaban J connectivity index is 0.961. The first-order valence-electron chi connectivity index (χ1n) is 23.2. The lowest BCUT2D eigenvalue weighted by Crippen LogP contribution is -2.00. The van der Waals surface area contributed by atoms with Gasteiger partial charge in [-0.25, -0.2) is 15.0 Å². The van der Waals surface area contributed by atoms with Gasteiger partial charge in [-0.1, -0.05) is 176 Å². The van der Waals surface area contributed by atoms with Crippen LogP contribution in [0.5, 0.6) is 0 Å². The molecule has 14 aromatic rings. The van der Waals surface area contributed by atoms with Crippen molar-refractivity contribution in [1.29, 1.82) is 0 Å². The second-order valence-electron chi connectivity index (χ2n) is 17.5. The van der Waals surface area contributed by atoms with Crippen molar-refractivity contribution in [2.75, 3.05) is 0 Å². The van der Waals surface area contributed by atoms with Crippen molar-refractivity contribution in [1.82, 2.24) is 19.5 Å². The summed E-state index contributed by atoms with van der Waals surface area (Å²) in [5.41, 5.74) is 15.8. The highest BCUT2D eigenvalue weighted by molar-refractivity contribution is 6.16. The number of hydrogen-bond donors (Lipinski definition) is 0. The number of hydrogen-bond acceptors (Lipinski definition) is 5. The molecule has 0 spiro atoms. The third-order valence-corrected chi connectivity index (χ3v) is 13.5. The molecule has 0 unspecified atom stereocenters. The number of nitrogens with zero attached hydrogens (tertiary/aromatic N) is 4. The molecular formula is C63H38N4O2. The first-order chi connectivity index (χ1) is 34.2. The molecule has 0 N–H and O–H groups in total. The molecule has 0 atom stereocenters. The molecule has 0 saturated carbocycles. The Morgan fingerprint density at radius 2 is 0.797 bits per heavy atom. The number of para-hydroxylation sites is 2. The smallest absolute Gasteiger partial charge is 0.164 e. The molecule has 4 aromatic heterocycles. The van der Waals surface area contributed by atoms with Gasteiger partial charge in [-0.15, -0.1) is 0 Å². The highest BCUT2D eigenvalue weighted by atomic mass is 16.3. The normalized spacial score (nSPS) is 11.8. The molecule has 0 aliphatic heterocycles. The second-order valence-corrected chi connectivity index (χ2v) is 17.5. The van der Waals surface area contributed by atoms with Crippen molar-refractivity contribution in [2.45, 2.75) is 0 Å². The molecule has 4 heterocycles. The monoisotopic (exact) mass is 882 g/mol. The lowest BCUT2D eigenvalue weighted by Gasteiger charge is -2.12. The van der Waals surface area contributed by atoms with Crippen molar-refractivity contribution < 1.29 is 8.83 Å². The summed E-state index contributed by atoms with van der Waals surface area (Å²) < 4.78 is 15.8. The Kier molecular flexibility index (Phi) is 8.79. The van der Waals surface area contributed by atoms with Crippen LogP contribution in [0, 0.1) is 0 Å². The van der Waals surface area contributed by atoms with E-state index in [0.717, 1.165) is 99.5 Å². The maximum Gasteiger partial charge on any atom is 0.164 e. The quantitative estimate of drug-likeness (QED) is 0.159. The fourth-order valence-electron chi connectivity index (χ4n) is 10.2. The summed E-state index contributed by atoms with van der Waals surface area (Å²) in [4.78, 5) is 15.4. The molecule has 0 amide bonds. The second kappa shape index (κ2) is 15.6. The minimum atomic E-state index is 0.569. The zero-order valence-electron chi connectivity index (χ0n) is 37.0. The summed E-state index contributed by atoms with van der Waals surface area (Å²) >= 11 is 0. The molecule has 322 valence electrons. The van der Waals surface area contributed by atoms with Crippen LogP contribution < -0.4 is 0 Å². The van der Waals surface area contributed by atoms with Crippen LogP contribution in [0.1, 0.15) is 0 Å². The molecule has 0 aliphatic rings. The van der Waals surface area contributed by atoms with Crippen molar-refractivity contribution in [3.05, 3.63) is 231 Å². The Morgan fingerprint density at radius 3 is 1.57 bits per heavy atom. The predicted octanol–water partition coefficient (Wildman–Crippen LogP) is 16.8. The first-order valence-corrected chi connectivity index (χ1v) is 23.2. The van der Waals surface area contributed by atoms with Gasteiger partial charge in [0.25, 0.3) is 0 Å². The molecule has 0 saturated heterocycles. The van der Waals surface area contributed by atoms with Gasteiger partial charge in [0.1, 0.15) is 16.7 Å². The van der Waals surface area contributed by atoms with Crippen LogP contribution in [0.25, 0.3) is 139 Å². The zero-order valence-corrected chi connectivity index (χ0v) is 37.0. The van der Waals surface area contributed by atoms with Gasteiger partial charge in [0, 0.05) is 49.0 Å². The van der Waals surface area contributed by atoms with Crippen molar-refractivity contribution >= 4 is 65.7 Å². The van der Waals surface area contributed by atoms with Crippen molar-refractivity contribution in [2.24, 2.45) is 0 Å². The van der Waals surface area contributed by atoms with E-state index in [2.05, 4.69) is 180 Å². The number of benzene rings is 10. The standard InChI is InChI=1S/C63H38N4O2/c1-4-15-39(16-5-1)41-27-29-43(30-28-41)62-64-61(42-19-8-3-9-20-42)65-63(66-62)49-23-14-26-58-59(49)52-36-45(32-34-57(52)68-58)46-37-51-48-22-11-13-25-56(48)69-60(51)55(38-46)67-53-24-12-10-21-47(53)50-35-44(31-33-54(50)67)40-17-6-2-7-18-40/h1-38H. The van der Waals surface area contributed by atoms with Gasteiger partial charge in [-0.3, -0.25) is 0 Å². The van der Waals surface area contributed by atoms with Crippen LogP contribution in [0.15, 0.2) is 239 Å². The molecule has 0 aliphatic carbocycles. The zero-order chi connectivity index (χ0) is 45.4. The van der Waals surface area contributed by atoms with Crippen LogP contribution >= 0.6 is 0 Å². The summed E-state index contributed by atoms with van der Waals surface area (Å²) in [6.07, 6.45) is 0. The van der Waals surface area contributed by atoms with E-state index in [1.807, 2.05) is 54.6 Å². The Morgan fingerprint density at radius 1 is 0.290 bits per heavy atom. The maximum absolute atomic E-state index is 6.82. The van der Waals surface area contributed by atoms with Crippen LogP contribution in [-0.2, 0) is 0 Å². The fraction of sp³-hybridized carbons (Fsp3) is 0. The van der Waals surface area contributed by atoms with E-state index < -0.39 is 0 Å². The summed E-state index contributed by atoms with van der Waals surface area (Å²) in [6.45, 7) is 0. The molecule has 6 nitrogen and oxygen atoms in total.